The molecule has 8 heteroatoms. The molecule has 0 amide bonds. The van der Waals surface area contributed by atoms with E-state index >= 15 is 0 Å². The van der Waals surface area contributed by atoms with Gasteiger partial charge in [0.05, 0.1) is 29.6 Å². The van der Waals surface area contributed by atoms with Gasteiger partial charge in [0, 0.05) is 30.3 Å². The second-order valence-corrected chi connectivity index (χ2v) is 6.10. The first-order valence-electron chi connectivity index (χ1n) is 6.32. The molecule has 1 heterocycles. The lowest BCUT2D eigenvalue weighted by atomic mass is 10.2. The first-order chi connectivity index (χ1) is 9.47. The van der Waals surface area contributed by atoms with Crippen molar-refractivity contribution in [2.75, 3.05) is 38.6 Å². The summed E-state index contributed by atoms with van der Waals surface area (Å²) in [5, 5.41) is 0. The van der Waals surface area contributed by atoms with Crippen molar-refractivity contribution in [2.45, 2.75) is 11.1 Å². The standard InChI is InChI=1S/C13H16F3NO2S.ClH/c14-13(15,16)11-2-1-3-12(10-11)20(18)9-6-17-4-7-19-8-5-17;/h1-3,10H,4-9H2;1H. The van der Waals surface area contributed by atoms with Crippen molar-refractivity contribution >= 4 is 23.2 Å². The minimum Gasteiger partial charge on any atom is -0.379 e. The van der Waals surface area contributed by atoms with Gasteiger partial charge in [0.1, 0.15) is 0 Å². The van der Waals surface area contributed by atoms with Crippen LogP contribution >= 0.6 is 12.4 Å². The Morgan fingerprint density at radius 3 is 2.52 bits per heavy atom. The second-order valence-electron chi connectivity index (χ2n) is 4.53. The molecular weight excluding hydrogens is 327 g/mol. The summed E-state index contributed by atoms with van der Waals surface area (Å²) in [5.74, 6) is 0.335. The summed E-state index contributed by atoms with van der Waals surface area (Å²) in [4.78, 5) is 2.34. The number of halogens is 4. The fourth-order valence-electron chi connectivity index (χ4n) is 1.97. The minimum absolute atomic E-state index is 0. The highest BCUT2D eigenvalue weighted by Crippen LogP contribution is 2.30. The van der Waals surface area contributed by atoms with Crippen molar-refractivity contribution in [1.82, 2.24) is 4.90 Å². The number of nitrogens with zero attached hydrogens (tertiary/aromatic N) is 1. The van der Waals surface area contributed by atoms with E-state index in [1.165, 1.54) is 12.1 Å². The number of hydrogen-bond donors (Lipinski definition) is 0. The van der Waals surface area contributed by atoms with E-state index in [9.17, 15) is 17.4 Å². The van der Waals surface area contributed by atoms with Gasteiger partial charge in [-0.15, -0.1) is 12.4 Å². The highest BCUT2D eigenvalue weighted by atomic mass is 35.5. The molecule has 0 bridgehead atoms. The average molecular weight is 344 g/mol. The van der Waals surface area contributed by atoms with Gasteiger partial charge in [-0.05, 0) is 18.2 Å². The Morgan fingerprint density at radius 1 is 1.24 bits per heavy atom. The molecule has 0 saturated carbocycles. The molecule has 120 valence electrons. The van der Waals surface area contributed by atoms with Crippen LogP contribution in [0.25, 0.3) is 0 Å². The van der Waals surface area contributed by atoms with Crippen LogP contribution in [0.3, 0.4) is 0 Å². The smallest absolute Gasteiger partial charge is 0.379 e. The SMILES string of the molecule is Cl.O=S(CCN1CCOCC1)c1cccc(C(F)(F)F)c1. The van der Waals surface area contributed by atoms with E-state index in [1.807, 2.05) is 0 Å². The van der Waals surface area contributed by atoms with Crippen LogP contribution in [-0.2, 0) is 21.7 Å². The highest BCUT2D eigenvalue weighted by Gasteiger charge is 2.30. The first kappa shape index (κ1) is 18.4. The minimum atomic E-state index is -4.40. The molecule has 1 aromatic rings. The van der Waals surface area contributed by atoms with Gasteiger partial charge < -0.3 is 4.74 Å². The van der Waals surface area contributed by atoms with E-state index in [-0.39, 0.29) is 17.3 Å². The van der Waals surface area contributed by atoms with Crippen molar-refractivity contribution in [3.8, 4) is 0 Å². The van der Waals surface area contributed by atoms with E-state index in [0.29, 0.717) is 25.5 Å². The van der Waals surface area contributed by atoms with Crippen molar-refractivity contribution in [3.63, 3.8) is 0 Å². The van der Waals surface area contributed by atoms with Gasteiger partial charge in [-0.3, -0.25) is 9.11 Å². The summed E-state index contributed by atoms with van der Waals surface area (Å²) in [5.41, 5.74) is -0.755. The van der Waals surface area contributed by atoms with Gasteiger partial charge in [-0.25, -0.2) is 0 Å². The number of rotatable bonds is 4. The summed E-state index contributed by atoms with van der Waals surface area (Å²) >= 11 is 0. The molecule has 21 heavy (non-hydrogen) atoms. The molecule has 1 unspecified atom stereocenters. The fourth-order valence-corrected chi connectivity index (χ4v) is 3.12. The Labute approximate surface area is 130 Å². The molecule has 1 fully saturated rings. The maximum absolute atomic E-state index is 12.6. The lowest BCUT2D eigenvalue weighted by molar-refractivity contribution is -0.137. The molecule has 1 aromatic carbocycles. The maximum Gasteiger partial charge on any atom is 0.416 e. The van der Waals surface area contributed by atoms with Crippen molar-refractivity contribution in [3.05, 3.63) is 29.8 Å². The first-order valence-corrected chi connectivity index (χ1v) is 7.64. The monoisotopic (exact) mass is 343 g/mol. The van der Waals surface area contributed by atoms with E-state index in [1.54, 1.807) is 0 Å². The van der Waals surface area contributed by atoms with E-state index in [0.717, 1.165) is 25.2 Å². The zero-order valence-corrected chi connectivity index (χ0v) is 12.9. The van der Waals surface area contributed by atoms with Crippen LogP contribution in [0.15, 0.2) is 29.2 Å². The zero-order valence-electron chi connectivity index (χ0n) is 11.3. The van der Waals surface area contributed by atoms with Gasteiger partial charge >= 0.3 is 6.18 Å². The summed E-state index contributed by atoms with van der Waals surface area (Å²) in [6, 6.07) is 4.73. The van der Waals surface area contributed by atoms with E-state index in [4.69, 9.17) is 4.74 Å². The molecule has 2 rings (SSSR count). The third-order valence-corrected chi connectivity index (χ3v) is 4.45. The van der Waals surface area contributed by atoms with Gasteiger partial charge in [-0.1, -0.05) is 6.07 Å². The molecule has 0 aromatic heterocycles. The van der Waals surface area contributed by atoms with Gasteiger partial charge in [0.25, 0.3) is 0 Å². The number of morpholine rings is 1. The van der Waals surface area contributed by atoms with E-state index in [2.05, 4.69) is 4.90 Å². The Kier molecular flexibility index (Phi) is 7.12. The fraction of sp³-hybridized carbons (Fsp3) is 0.538. The maximum atomic E-state index is 12.6. The quantitative estimate of drug-likeness (QED) is 0.841. The summed E-state index contributed by atoms with van der Waals surface area (Å²) < 4.78 is 55.0. The molecule has 3 nitrogen and oxygen atoms in total. The van der Waals surface area contributed by atoms with Crippen molar-refractivity contribution < 1.29 is 22.1 Å². The van der Waals surface area contributed by atoms with Crippen LogP contribution < -0.4 is 0 Å². The van der Waals surface area contributed by atoms with Crippen LogP contribution in [0.2, 0.25) is 0 Å². The molecule has 1 aliphatic rings. The van der Waals surface area contributed by atoms with Crippen molar-refractivity contribution in [2.24, 2.45) is 0 Å². The molecule has 0 radical (unpaired) electrons. The largest absolute Gasteiger partial charge is 0.416 e. The molecule has 1 saturated heterocycles. The Morgan fingerprint density at radius 2 is 1.90 bits per heavy atom. The Bertz CT molecular complexity index is 479. The number of hydrogen-bond acceptors (Lipinski definition) is 3. The van der Waals surface area contributed by atoms with E-state index < -0.39 is 22.5 Å². The molecule has 1 atom stereocenters. The molecule has 0 N–H and O–H groups in total. The lowest BCUT2D eigenvalue weighted by Gasteiger charge is -2.26. The average Bonchev–Trinajstić information content (AvgIpc) is 2.45. The second kappa shape index (κ2) is 8.12. The van der Waals surface area contributed by atoms with Gasteiger partial charge in [0.15, 0.2) is 0 Å². The van der Waals surface area contributed by atoms with Gasteiger partial charge in [-0.2, -0.15) is 13.2 Å². The summed E-state index contributed by atoms with van der Waals surface area (Å²) in [6.45, 7) is 3.46. The normalized spacial score (nSPS) is 18.0. The molecule has 1 aliphatic heterocycles. The molecule has 0 spiro atoms. The number of ether oxygens (including phenoxy) is 1. The molecular formula is C13H17ClF3NO2S. The lowest BCUT2D eigenvalue weighted by Crippen LogP contribution is -2.38. The van der Waals surface area contributed by atoms with Crippen LogP contribution in [0.1, 0.15) is 5.56 Å². The third kappa shape index (κ3) is 5.58. The predicted molar refractivity (Wildman–Crippen MR) is 77.2 cm³/mol. The van der Waals surface area contributed by atoms with Crippen LogP contribution in [-0.4, -0.2) is 47.7 Å². The Hall–Kier alpha value is -0.630. The highest BCUT2D eigenvalue weighted by molar-refractivity contribution is 7.85. The van der Waals surface area contributed by atoms with Crippen molar-refractivity contribution in [1.29, 1.82) is 0 Å². The van der Waals surface area contributed by atoms with Crippen LogP contribution in [0, 0.1) is 0 Å². The molecule has 0 aliphatic carbocycles. The van der Waals surface area contributed by atoms with Crippen LogP contribution in [0.5, 0.6) is 0 Å². The zero-order chi connectivity index (χ0) is 14.6. The summed E-state index contributed by atoms with van der Waals surface area (Å²) in [7, 11) is -1.41. The Balaban J connectivity index is 0.00000220. The number of benzene rings is 1. The topological polar surface area (TPSA) is 29.5 Å². The van der Waals surface area contributed by atoms with Crippen LogP contribution in [0.4, 0.5) is 13.2 Å². The number of alkyl halides is 3. The predicted octanol–water partition coefficient (Wildman–Crippen LogP) is 2.57. The van der Waals surface area contributed by atoms with Gasteiger partial charge in [0.2, 0.25) is 0 Å². The third-order valence-electron chi connectivity index (χ3n) is 3.12. The summed E-state index contributed by atoms with van der Waals surface area (Å²) in [6.07, 6.45) is -4.40.